The number of carbonyl (C=O) groups excluding carboxylic acids is 1. The Labute approximate surface area is 102 Å². The topological polar surface area (TPSA) is 29.1 Å². The second-order valence-electron chi connectivity index (χ2n) is 4.90. The van der Waals surface area contributed by atoms with Gasteiger partial charge in [-0.15, -0.1) is 0 Å². The van der Waals surface area contributed by atoms with Crippen LogP contribution in [0.15, 0.2) is 24.3 Å². The fraction of sp³-hybridized carbons (Fsp3) is 0.462. The Hall–Kier alpha value is -1.02. The molecule has 0 saturated heterocycles. The molecular formula is C13H18ClNO. The molecule has 0 unspecified atom stereocenters. The maximum absolute atomic E-state index is 10.5. The lowest BCUT2D eigenvalue weighted by atomic mass is 9.86. The highest BCUT2D eigenvalue weighted by atomic mass is 35.5. The molecule has 1 amide bonds. The number of halogens is 1. The number of hydrogen-bond donors (Lipinski definition) is 1. The molecule has 0 aliphatic carbocycles. The van der Waals surface area contributed by atoms with Crippen LogP contribution >= 0.6 is 11.6 Å². The Morgan fingerprint density at radius 3 is 2.25 bits per heavy atom. The molecule has 0 bridgehead atoms. The third kappa shape index (κ3) is 4.23. The minimum atomic E-state index is -0.494. The van der Waals surface area contributed by atoms with Crippen LogP contribution in [0.3, 0.4) is 0 Å². The number of amides is 1. The van der Waals surface area contributed by atoms with E-state index in [1.54, 1.807) is 0 Å². The van der Waals surface area contributed by atoms with E-state index in [0.29, 0.717) is 6.54 Å². The third-order valence-electron chi connectivity index (χ3n) is 2.50. The van der Waals surface area contributed by atoms with Crippen molar-refractivity contribution in [3.8, 4) is 0 Å². The fourth-order valence-electron chi connectivity index (χ4n) is 1.48. The lowest BCUT2D eigenvalue weighted by molar-refractivity contribution is 0.260. The SMILES string of the molecule is CC(C)(C)c1ccc(CCNC(=O)Cl)cc1. The van der Waals surface area contributed by atoms with Crippen LogP contribution in [0.25, 0.3) is 0 Å². The lowest BCUT2D eigenvalue weighted by Gasteiger charge is -2.19. The summed E-state index contributed by atoms with van der Waals surface area (Å²) in [6, 6.07) is 8.47. The van der Waals surface area contributed by atoms with Gasteiger partial charge in [-0.2, -0.15) is 0 Å². The Morgan fingerprint density at radius 1 is 1.25 bits per heavy atom. The van der Waals surface area contributed by atoms with Gasteiger partial charge in [-0.3, -0.25) is 4.79 Å². The molecule has 1 rings (SSSR count). The first-order valence-electron chi connectivity index (χ1n) is 5.42. The Balaban J connectivity index is 2.55. The smallest absolute Gasteiger partial charge is 0.313 e. The summed E-state index contributed by atoms with van der Waals surface area (Å²) in [5, 5.41) is 2.07. The standard InChI is InChI=1S/C13H18ClNO/c1-13(2,3)11-6-4-10(5-7-11)8-9-15-12(14)16/h4-7H,8-9H2,1-3H3,(H,15,16). The van der Waals surface area contributed by atoms with Gasteiger partial charge >= 0.3 is 5.37 Å². The Bertz CT molecular complexity index is 351. The molecule has 1 N–H and O–H groups in total. The zero-order valence-electron chi connectivity index (χ0n) is 10.0. The normalized spacial score (nSPS) is 11.2. The maximum atomic E-state index is 10.5. The summed E-state index contributed by atoms with van der Waals surface area (Å²) < 4.78 is 0. The highest BCUT2D eigenvalue weighted by molar-refractivity contribution is 6.62. The van der Waals surface area contributed by atoms with Crippen molar-refractivity contribution in [2.24, 2.45) is 0 Å². The van der Waals surface area contributed by atoms with Gasteiger partial charge in [0.15, 0.2) is 0 Å². The second-order valence-corrected chi connectivity index (χ2v) is 5.24. The van der Waals surface area contributed by atoms with E-state index in [1.165, 1.54) is 11.1 Å². The van der Waals surface area contributed by atoms with Gasteiger partial charge in [0.1, 0.15) is 0 Å². The summed E-state index contributed by atoms with van der Waals surface area (Å²) in [5.41, 5.74) is 2.71. The minimum absolute atomic E-state index is 0.183. The van der Waals surface area contributed by atoms with Gasteiger partial charge in [0, 0.05) is 6.54 Å². The first kappa shape index (κ1) is 13.0. The first-order valence-corrected chi connectivity index (χ1v) is 5.80. The molecule has 2 nitrogen and oxygen atoms in total. The average molecular weight is 240 g/mol. The summed E-state index contributed by atoms with van der Waals surface area (Å²) in [6.45, 7) is 7.15. The van der Waals surface area contributed by atoms with Gasteiger partial charge in [0.05, 0.1) is 0 Å². The monoisotopic (exact) mass is 239 g/mol. The van der Waals surface area contributed by atoms with Crippen LogP contribution in [0, 0.1) is 0 Å². The zero-order valence-corrected chi connectivity index (χ0v) is 10.8. The number of hydrogen-bond acceptors (Lipinski definition) is 1. The predicted molar refractivity (Wildman–Crippen MR) is 68.1 cm³/mol. The van der Waals surface area contributed by atoms with Crippen molar-refractivity contribution in [3.63, 3.8) is 0 Å². The third-order valence-corrected chi connectivity index (χ3v) is 2.63. The fourth-order valence-corrected chi connectivity index (χ4v) is 1.57. The second kappa shape index (κ2) is 5.35. The van der Waals surface area contributed by atoms with Gasteiger partial charge < -0.3 is 5.32 Å². The quantitative estimate of drug-likeness (QED) is 0.635. The molecule has 3 heteroatoms. The molecule has 0 aliphatic heterocycles. The molecule has 16 heavy (non-hydrogen) atoms. The largest absolute Gasteiger partial charge is 0.342 e. The van der Waals surface area contributed by atoms with Crippen LogP contribution in [0.2, 0.25) is 0 Å². The van der Waals surface area contributed by atoms with E-state index in [2.05, 4.69) is 50.4 Å². The van der Waals surface area contributed by atoms with Crippen molar-refractivity contribution in [1.82, 2.24) is 5.32 Å². The van der Waals surface area contributed by atoms with Crippen molar-refractivity contribution in [3.05, 3.63) is 35.4 Å². The van der Waals surface area contributed by atoms with Crippen LogP contribution in [0.4, 0.5) is 4.79 Å². The summed E-state index contributed by atoms with van der Waals surface area (Å²) in [6.07, 6.45) is 0.808. The number of carbonyl (C=O) groups is 1. The number of benzene rings is 1. The van der Waals surface area contributed by atoms with Crippen LogP contribution in [-0.4, -0.2) is 11.9 Å². The lowest BCUT2D eigenvalue weighted by Crippen LogP contribution is -2.19. The summed E-state index contributed by atoms with van der Waals surface area (Å²) in [4.78, 5) is 10.5. The molecule has 1 aromatic carbocycles. The molecular weight excluding hydrogens is 222 g/mol. The van der Waals surface area contributed by atoms with Crippen LogP contribution in [0.5, 0.6) is 0 Å². The van der Waals surface area contributed by atoms with Gasteiger partial charge in [0.25, 0.3) is 0 Å². The van der Waals surface area contributed by atoms with Crippen molar-refractivity contribution < 1.29 is 4.79 Å². The van der Waals surface area contributed by atoms with E-state index >= 15 is 0 Å². The van der Waals surface area contributed by atoms with E-state index in [4.69, 9.17) is 11.6 Å². The number of rotatable bonds is 3. The molecule has 88 valence electrons. The first-order chi connectivity index (χ1) is 7.39. The highest BCUT2D eigenvalue weighted by Gasteiger charge is 2.12. The average Bonchev–Trinajstić information content (AvgIpc) is 2.16. The minimum Gasteiger partial charge on any atom is -0.342 e. The molecule has 0 fully saturated rings. The highest BCUT2D eigenvalue weighted by Crippen LogP contribution is 2.22. The van der Waals surface area contributed by atoms with Crippen molar-refractivity contribution in [2.75, 3.05) is 6.54 Å². The van der Waals surface area contributed by atoms with Gasteiger partial charge in [-0.05, 0) is 34.6 Å². The Morgan fingerprint density at radius 2 is 1.81 bits per heavy atom. The van der Waals surface area contributed by atoms with Crippen molar-refractivity contribution in [2.45, 2.75) is 32.6 Å². The van der Waals surface area contributed by atoms with Gasteiger partial charge in [-0.1, -0.05) is 45.0 Å². The summed E-state index contributed by atoms with van der Waals surface area (Å²) >= 11 is 5.18. The van der Waals surface area contributed by atoms with Crippen molar-refractivity contribution >= 4 is 17.0 Å². The van der Waals surface area contributed by atoms with E-state index in [9.17, 15) is 4.79 Å². The van der Waals surface area contributed by atoms with Gasteiger partial charge in [0.2, 0.25) is 0 Å². The molecule has 0 saturated carbocycles. The summed E-state index contributed by atoms with van der Waals surface area (Å²) in [7, 11) is 0. The molecule has 0 spiro atoms. The molecule has 0 radical (unpaired) electrons. The molecule has 0 atom stereocenters. The number of nitrogens with one attached hydrogen (secondary N) is 1. The van der Waals surface area contributed by atoms with Crippen molar-refractivity contribution in [1.29, 1.82) is 0 Å². The maximum Gasteiger partial charge on any atom is 0.313 e. The van der Waals surface area contributed by atoms with Crippen LogP contribution in [0.1, 0.15) is 31.9 Å². The molecule has 1 aromatic rings. The molecule has 0 aromatic heterocycles. The van der Waals surface area contributed by atoms with Crippen LogP contribution in [-0.2, 0) is 11.8 Å². The predicted octanol–water partition coefficient (Wildman–Crippen LogP) is 3.48. The van der Waals surface area contributed by atoms with E-state index in [0.717, 1.165) is 6.42 Å². The summed E-state index contributed by atoms with van der Waals surface area (Å²) in [5.74, 6) is 0. The Kier molecular flexibility index (Phi) is 4.36. The molecule has 0 heterocycles. The molecule has 0 aliphatic rings. The van der Waals surface area contributed by atoms with Gasteiger partial charge in [-0.25, -0.2) is 0 Å². The van der Waals surface area contributed by atoms with E-state index < -0.39 is 5.37 Å². The zero-order chi connectivity index (χ0) is 12.2. The van der Waals surface area contributed by atoms with E-state index in [-0.39, 0.29) is 5.41 Å². The van der Waals surface area contributed by atoms with Crippen LogP contribution < -0.4 is 5.32 Å². The van der Waals surface area contributed by atoms with E-state index in [1.807, 2.05) is 0 Å².